The van der Waals surface area contributed by atoms with Crippen LogP contribution in [0.1, 0.15) is 18.2 Å². The minimum atomic E-state index is 0.538. The molecule has 2 rings (SSSR count). The number of halogens is 1. The molecule has 2 aromatic rings. The molecule has 19 heavy (non-hydrogen) atoms. The molecule has 0 amide bonds. The number of pyridine rings is 1. The van der Waals surface area contributed by atoms with Gasteiger partial charge in [-0.25, -0.2) is 0 Å². The van der Waals surface area contributed by atoms with Crippen LogP contribution in [0.3, 0.4) is 0 Å². The quantitative estimate of drug-likeness (QED) is 0.696. The van der Waals surface area contributed by atoms with E-state index in [1.165, 1.54) is 6.20 Å². The van der Waals surface area contributed by atoms with E-state index >= 15 is 0 Å². The van der Waals surface area contributed by atoms with Gasteiger partial charge in [0.1, 0.15) is 6.07 Å². The van der Waals surface area contributed by atoms with Crippen molar-refractivity contribution in [2.24, 2.45) is 5.10 Å². The topological polar surface area (TPSA) is 61.1 Å². The van der Waals surface area contributed by atoms with Crippen molar-refractivity contribution in [3.05, 3.63) is 58.3 Å². The molecule has 0 aliphatic rings. The first-order valence-electron chi connectivity index (χ1n) is 5.61. The number of nitrogens with one attached hydrogen (secondary N) is 1. The smallest absolute Gasteiger partial charge is 0.101 e. The highest BCUT2D eigenvalue weighted by Gasteiger charge is 1.99. The van der Waals surface area contributed by atoms with Crippen LogP contribution in [0.25, 0.3) is 0 Å². The number of rotatable bonds is 3. The molecular weight excluding hydrogens is 304 g/mol. The first-order valence-corrected chi connectivity index (χ1v) is 6.41. The highest BCUT2D eigenvalue weighted by Crippen LogP contribution is 2.15. The van der Waals surface area contributed by atoms with Gasteiger partial charge in [-0.1, -0.05) is 22.0 Å². The van der Waals surface area contributed by atoms with Crippen molar-refractivity contribution in [1.29, 1.82) is 5.26 Å². The SMILES string of the molecule is C/C(=N\Nc1cccc(Br)c1)c1ccc(C#N)cn1. The average Bonchev–Trinajstić information content (AvgIpc) is 2.45. The lowest BCUT2D eigenvalue weighted by molar-refractivity contribution is 1.24. The van der Waals surface area contributed by atoms with Crippen molar-refractivity contribution in [2.45, 2.75) is 6.92 Å². The summed E-state index contributed by atoms with van der Waals surface area (Å²) in [7, 11) is 0. The minimum absolute atomic E-state index is 0.538. The predicted octanol–water partition coefficient (Wildman–Crippen LogP) is 3.55. The van der Waals surface area contributed by atoms with Gasteiger partial charge in [-0.2, -0.15) is 10.4 Å². The normalized spacial score (nSPS) is 10.9. The standard InChI is InChI=1S/C14H11BrN4/c1-10(14-6-5-11(8-16)9-17-14)18-19-13-4-2-3-12(15)7-13/h2-7,9,19H,1H3/b18-10+. The Morgan fingerprint density at radius 1 is 1.37 bits per heavy atom. The zero-order valence-corrected chi connectivity index (χ0v) is 11.8. The molecule has 0 saturated heterocycles. The van der Waals surface area contributed by atoms with E-state index in [0.717, 1.165) is 21.6 Å². The molecule has 0 unspecified atom stereocenters. The second kappa shape index (κ2) is 6.12. The molecular formula is C14H11BrN4. The zero-order valence-electron chi connectivity index (χ0n) is 10.3. The van der Waals surface area contributed by atoms with Crippen LogP contribution >= 0.6 is 15.9 Å². The fourth-order valence-electron chi connectivity index (χ4n) is 1.44. The lowest BCUT2D eigenvalue weighted by Gasteiger charge is -2.03. The number of benzene rings is 1. The molecule has 0 aliphatic heterocycles. The monoisotopic (exact) mass is 314 g/mol. The van der Waals surface area contributed by atoms with E-state index < -0.39 is 0 Å². The molecule has 0 aliphatic carbocycles. The van der Waals surface area contributed by atoms with E-state index in [4.69, 9.17) is 5.26 Å². The minimum Gasteiger partial charge on any atom is -0.278 e. The number of hydrogen-bond acceptors (Lipinski definition) is 4. The summed E-state index contributed by atoms with van der Waals surface area (Å²) in [5.41, 5.74) is 5.89. The van der Waals surface area contributed by atoms with Gasteiger partial charge in [0.05, 0.1) is 22.7 Å². The summed E-state index contributed by atoms with van der Waals surface area (Å²) in [6.45, 7) is 1.86. The largest absolute Gasteiger partial charge is 0.278 e. The van der Waals surface area contributed by atoms with Gasteiger partial charge in [-0.3, -0.25) is 10.4 Å². The van der Waals surface area contributed by atoms with Crippen molar-refractivity contribution in [2.75, 3.05) is 5.43 Å². The number of anilines is 1. The van der Waals surface area contributed by atoms with Gasteiger partial charge < -0.3 is 0 Å². The lowest BCUT2D eigenvalue weighted by atomic mass is 10.2. The van der Waals surface area contributed by atoms with Crippen molar-refractivity contribution >= 4 is 27.3 Å². The molecule has 5 heteroatoms. The van der Waals surface area contributed by atoms with Crippen LogP contribution in [-0.4, -0.2) is 10.7 Å². The third-order valence-corrected chi connectivity index (χ3v) is 2.93. The number of nitriles is 1. The number of aromatic nitrogens is 1. The predicted molar refractivity (Wildman–Crippen MR) is 78.9 cm³/mol. The second-order valence-corrected chi connectivity index (χ2v) is 4.78. The molecule has 1 heterocycles. The van der Waals surface area contributed by atoms with Gasteiger partial charge in [0.15, 0.2) is 0 Å². The van der Waals surface area contributed by atoms with Crippen LogP contribution in [0, 0.1) is 11.3 Å². The Balaban J connectivity index is 2.12. The zero-order chi connectivity index (χ0) is 13.7. The van der Waals surface area contributed by atoms with Crippen LogP contribution in [0.15, 0.2) is 52.2 Å². The summed E-state index contributed by atoms with van der Waals surface area (Å²) in [5.74, 6) is 0. The van der Waals surface area contributed by atoms with Crippen molar-refractivity contribution in [3.8, 4) is 6.07 Å². The van der Waals surface area contributed by atoms with Crippen LogP contribution in [0.4, 0.5) is 5.69 Å². The first-order chi connectivity index (χ1) is 9.19. The highest BCUT2D eigenvalue weighted by atomic mass is 79.9. The summed E-state index contributed by atoms with van der Waals surface area (Å²) in [5, 5.41) is 13.0. The Kier molecular flexibility index (Phi) is 4.26. The first kappa shape index (κ1) is 13.2. The average molecular weight is 315 g/mol. The van der Waals surface area contributed by atoms with Gasteiger partial charge in [0.25, 0.3) is 0 Å². The molecule has 1 N–H and O–H groups in total. The summed E-state index contributed by atoms with van der Waals surface area (Å²) < 4.78 is 0.988. The Morgan fingerprint density at radius 2 is 2.21 bits per heavy atom. The van der Waals surface area contributed by atoms with E-state index in [2.05, 4.69) is 31.4 Å². The summed E-state index contributed by atoms with van der Waals surface area (Å²) >= 11 is 3.40. The van der Waals surface area contributed by atoms with Crippen LogP contribution in [-0.2, 0) is 0 Å². The lowest BCUT2D eigenvalue weighted by Crippen LogP contribution is -2.02. The van der Waals surface area contributed by atoms with Crippen molar-refractivity contribution in [3.63, 3.8) is 0 Å². The molecule has 1 aromatic heterocycles. The Bertz CT molecular complexity index is 641. The molecule has 1 aromatic carbocycles. The Hall–Kier alpha value is -2.19. The molecule has 0 radical (unpaired) electrons. The highest BCUT2D eigenvalue weighted by molar-refractivity contribution is 9.10. The maximum atomic E-state index is 8.71. The fraction of sp³-hybridized carbons (Fsp3) is 0.0714. The fourth-order valence-corrected chi connectivity index (χ4v) is 1.84. The number of hydrazone groups is 1. The molecule has 0 spiro atoms. The van der Waals surface area contributed by atoms with E-state index in [1.54, 1.807) is 12.1 Å². The van der Waals surface area contributed by atoms with Gasteiger partial charge in [0, 0.05) is 10.7 Å². The number of hydrogen-bond donors (Lipinski definition) is 1. The maximum Gasteiger partial charge on any atom is 0.101 e. The van der Waals surface area contributed by atoms with E-state index in [9.17, 15) is 0 Å². The molecule has 94 valence electrons. The van der Waals surface area contributed by atoms with Gasteiger partial charge in [0.2, 0.25) is 0 Å². The van der Waals surface area contributed by atoms with Gasteiger partial charge in [-0.15, -0.1) is 0 Å². The third-order valence-electron chi connectivity index (χ3n) is 2.44. The van der Waals surface area contributed by atoms with Gasteiger partial charge in [-0.05, 0) is 37.3 Å². The van der Waals surface area contributed by atoms with Crippen LogP contribution < -0.4 is 5.43 Å². The summed E-state index contributed by atoms with van der Waals surface area (Å²) in [6, 6.07) is 13.3. The van der Waals surface area contributed by atoms with E-state index in [0.29, 0.717) is 5.56 Å². The third kappa shape index (κ3) is 3.63. The summed E-state index contributed by atoms with van der Waals surface area (Å²) in [6.07, 6.45) is 1.54. The van der Waals surface area contributed by atoms with Crippen LogP contribution in [0.2, 0.25) is 0 Å². The maximum absolute atomic E-state index is 8.71. The van der Waals surface area contributed by atoms with Crippen molar-refractivity contribution < 1.29 is 0 Å². The van der Waals surface area contributed by atoms with E-state index in [1.807, 2.05) is 37.3 Å². The van der Waals surface area contributed by atoms with Crippen molar-refractivity contribution in [1.82, 2.24) is 4.98 Å². The molecule has 4 nitrogen and oxygen atoms in total. The Labute approximate surface area is 119 Å². The molecule has 0 fully saturated rings. The summed E-state index contributed by atoms with van der Waals surface area (Å²) in [4.78, 5) is 4.18. The molecule has 0 atom stereocenters. The molecule has 0 bridgehead atoms. The van der Waals surface area contributed by atoms with Crippen LogP contribution in [0.5, 0.6) is 0 Å². The van der Waals surface area contributed by atoms with Gasteiger partial charge >= 0.3 is 0 Å². The van der Waals surface area contributed by atoms with E-state index in [-0.39, 0.29) is 0 Å². The second-order valence-electron chi connectivity index (χ2n) is 3.86. The Morgan fingerprint density at radius 3 is 2.84 bits per heavy atom. The molecule has 0 saturated carbocycles. The number of nitrogens with zero attached hydrogens (tertiary/aromatic N) is 3.